The van der Waals surface area contributed by atoms with Crippen LogP contribution in [0.3, 0.4) is 0 Å². The number of carbonyl (C=O) groups excluding carboxylic acids is 1. The number of amides is 1. The fourth-order valence-electron chi connectivity index (χ4n) is 2.00. The first-order valence-electron chi connectivity index (χ1n) is 6.24. The van der Waals surface area contributed by atoms with E-state index in [1.54, 1.807) is 18.2 Å². The van der Waals surface area contributed by atoms with Crippen molar-refractivity contribution in [1.82, 2.24) is 0 Å². The number of rotatable bonds is 2. The summed E-state index contributed by atoms with van der Waals surface area (Å²) in [6.45, 7) is 0. The third kappa shape index (κ3) is 2.75. The smallest absolute Gasteiger partial charge is 0.268 e. The van der Waals surface area contributed by atoms with Crippen molar-refractivity contribution in [2.75, 3.05) is 4.90 Å². The summed E-state index contributed by atoms with van der Waals surface area (Å²) in [5.41, 5.74) is 1.10. The molecule has 2 aromatic carbocycles. The fourth-order valence-corrected chi connectivity index (χ4v) is 3.29. The van der Waals surface area contributed by atoms with Crippen LogP contribution in [0.2, 0.25) is 0 Å². The van der Waals surface area contributed by atoms with Gasteiger partial charge in [-0.15, -0.1) is 0 Å². The Labute approximate surface area is 131 Å². The van der Waals surface area contributed by atoms with Gasteiger partial charge in [0.25, 0.3) is 5.91 Å². The van der Waals surface area contributed by atoms with Crippen LogP contribution in [0.1, 0.15) is 5.56 Å². The Morgan fingerprint density at radius 1 is 1.05 bits per heavy atom. The number of thioether (sulfide) groups is 1. The molecule has 3 rings (SSSR count). The van der Waals surface area contributed by atoms with Crippen LogP contribution in [0.25, 0.3) is 6.08 Å². The number of benzene rings is 2. The molecule has 2 nitrogen and oxygen atoms in total. The topological polar surface area (TPSA) is 20.3 Å². The van der Waals surface area contributed by atoms with Crippen molar-refractivity contribution in [1.29, 1.82) is 0 Å². The lowest BCUT2D eigenvalue weighted by Crippen LogP contribution is -2.27. The van der Waals surface area contributed by atoms with Gasteiger partial charge in [0.15, 0.2) is 4.32 Å². The molecule has 0 spiro atoms. The zero-order chi connectivity index (χ0) is 14.8. The second kappa shape index (κ2) is 5.79. The summed E-state index contributed by atoms with van der Waals surface area (Å²) in [5, 5.41) is 0. The number of halogens is 1. The van der Waals surface area contributed by atoms with Crippen molar-refractivity contribution in [2.45, 2.75) is 0 Å². The fraction of sp³-hybridized carbons (Fsp3) is 0. The molecular formula is C16H10FNOS2. The van der Waals surface area contributed by atoms with Gasteiger partial charge in [-0.1, -0.05) is 60.4 Å². The van der Waals surface area contributed by atoms with Crippen molar-refractivity contribution in [3.8, 4) is 0 Å². The third-order valence-corrected chi connectivity index (χ3v) is 4.30. The lowest BCUT2D eigenvalue weighted by Gasteiger charge is -2.13. The minimum Gasteiger partial charge on any atom is -0.268 e. The maximum Gasteiger partial charge on any atom is 0.270 e. The van der Waals surface area contributed by atoms with E-state index in [2.05, 4.69) is 0 Å². The van der Waals surface area contributed by atoms with Gasteiger partial charge in [-0.25, -0.2) is 4.39 Å². The summed E-state index contributed by atoms with van der Waals surface area (Å²) in [4.78, 5) is 14.3. The van der Waals surface area contributed by atoms with Crippen LogP contribution in [-0.4, -0.2) is 10.2 Å². The Balaban J connectivity index is 1.96. The molecule has 0 unspecified atom stereocenters. The summed E-state index contributed by atoms with van der Waals surface area (Å²) < 4.78 is 14.1. The number of carbonyl (C=O) groups is 1. The number of hydrogen-bond donors (Lipinski definition) is 0. The second-order valence-electron chi connectivity index (χ2n) is 4.37. The number of hydrogen-bond acceptors (Lipinski definition) is 3. The number of para-hydroxylation sites is 1. The van der Waals surface area contributed by atoms with Gasteiger partial charge < -0.3 is 0 Å². The third-order valence-electron chi connectivity index (χ3n) is 3.00. The largest absolute Gasteiger partial charge is 0.270 e. The van der Waals surface area contributed by atoms with Crippen molar-refractivity contribution in [2.24, 2.45) is 0 Å². The average molecular weight is 315 g/mol. The van der Waals surface area contributed by atoms with Crippen LogP contribution >= 0.6 is 24.0 Å². The molecule has 0 aromatic heterocycles. The van der Waals surface area contributed by atoms with Crippen molar-refractivity contribution in [3.63, 3.8) is 0 Å². The van der Waals surface area contributed by atoms with Gasteiger partial charge in [0.1, 0.15) is 5.82 Å². The maximum absolute atomic E-state index is 13.7. The van der Waals surface area contributed by atoms with Gasteiger partial charge in [-0.2, -0.15) is 0 Å². The molecule has 0 N–H and O–H groups in total. The lowest BCUT2D eigenvalue weighted by atomic mass is 10.2. The number of anilines is 1. The molecule has 21 heavy (non-hydrogen) atoms. The van der Waals surface area contributed by atoms with Gasteiger partial charge in [-0.05, 0) is 24.3 Å². The second-order valence-corrected chi connectivity index (χ2v) is 6.05. The first-order chi connectivity index (χ1) is 10.2. The monoisotopic (exact) mass is 315 g/mol. The molecule has 1 aliphatic rings. The van der Waals surface area contributed by atoms with Crippen molar-refractivity contribution < 1.29 is 9.18 Å². The molecule has 104 valence electrons. The Bertz CT molecular complexity index is 743. The highest BCUT2D eigenvalue weighted by Gasteiger charge is 2.33. The van der Waals surface area contributed by atoms with Crippen LogP contribution in [0, 0.1) is 5.82 Å². The summed E-state index contributed by atoms with van der Waals surface area (Å²) in [6, 6.07) is 15.5. The van der Waals surface area contributed by atoms with E-state index in [0.29, 0.717) is 14.8 Å². The quantitative estimate of drug-likeness (QED) is 0.611. The van der Waals surface area contributed by atoms with Crippen LogP contribution < -0.4 is 4.90 Å². The highest BCUT2D eigenvalue weighted by atomic mass is 32.2. The van der Waals surface area contributed by atoms with Gasteiger partial charge in [0.2, 0.25) is 0 Å². The highest BCUT2D eigenvalue weighted by Crippen LogP contribution is 2.36. The Kier molecular flexibility index (Phi) is 3.86. The molecule has 1 fully saturated rings. The molecule has 1 amide bonds. The summed E-state index contributed by atoms with van der Waals surface area (Å²) >= 11 is 6.44. The maximum atomic E-state index is 13.7. The van der Waals surface area contributed by atoms with E-state index in [4.69, 9.17) is 12.2 Å². The minimum absolute atomic E-state index is 0.223. The van der Waals surface area contributed by atoms with Crippen molar-refractivity contribution >= 4 is 46.0 Å². The predicted molar refractivity (Wildman–Crippen MR) is 88.5 cm³/mol. The zero-order valence-electron chi connectivity index (χ0n) is 10.8. The molecule has 0 bridgehead atoms. The molecule has 0 radical (unpaired) electrons. The van der Waals surface area contributed by atoms with E-state index in [1.165, 1.54) is 28.8 Å². The van der Waals surface area contributed by atoms with E-state index in [1.807, 2.05) is 30.3 Å². The van der Waals surface area contributed by atoms with Gasteiger partial charge >= 0.3 is 0 Å². The molecule has 1 aliphatic heterocycles. The molecule has 0 aliphatic carbocycles. The molecule has 1 heterocycles. The predicted octanol–water partition coefficient (Wildman–Crippen LogP) is 4.23. The van der Waals surface area contributed by atoms with Gasteiger partial charge in [-0.3, -0.25) is 9.69 Å². The molecular weight excluding hydrogens is 305 g/mol. The average Bonchev–Trinajstić information content (AvgIpc) is 2.77. The zero-order valence-corrected chi connectivity index (χ0v) is 12.5. The van der Waals surface area contributed by atoms with E-state index in [9.17, 15) is 9.18 Å². The summed E-state index contributed by atoms with van der Waals surface area (Å²) in [7, 11) is 0. The minimum atomic E-state index is -0.359. The number of thiocarbonyl (C=S) groups is 1. The van der Waals surface area contributed by atoms with Gasteiger partial charge in [0, 0.05) is 5.56 Å². The SMILES string of the molecule is O=C1C(=Cc2ccccc2F)SC(=S)N1c1ccccc1. The van der Waals surface area contributed by atoms with Crippen LogP contribution in [-0.2, 0) is 4.79 Å². The highest BCUT2D eigenvalue weighted by molar-refractivity contribution is 8.27. The van der Waals surface area contributed by atoms with Crippen LogP contribution in [0.5, 0.6) is 0 Å². The summed E-state index contributed by atoms with van der Waals surface area (Å²) in [5.74, 6) is -0.582. The molecule has 1 saturated heterocycles. The Morgan fingerprint density at radius 3 is 2.43 bits per heavy atom. The first-order valence-corrected chi connectivity index (χ1v) is 7.47. The van der Waals surface area contributed by atoms with Crippen LogP contribution in [0.4, 0.5) is 10.1 Å². The van der Waals surface area contributed by atoms with Crippen LogP contribution in [0.15, 0.2) is 59.5 Å². The molecule has 5 heteroatoms. The summed E-state index contributed by atoms with van der Waals surface area (Å²) in [6.07, 6.45) is 1.54. The Hall–Kier alpha value is -1.98. The molecule has 0 saturated carbocycles. The Morgan fingerprint density at radius 2 is 1.71 bits per heavy atom. The normalized spacial score (nSPS) is 16.8. The van der Waals surface area contributed by atoms with E-state index in [-0.39, 0.29) is 11.7 Å². The first kappa shape index (κ1) is 14.0. The van der Waals surface area contributed by atoms with Gasteiger partial charge in [0.05, 0.1) is 10.6 Å². The van der Waals surface area contributed by atoms with E-state index < -0.39 is 0 Å². The van der Waals surface area contributed by atoms with E-state index >= 15 is 0 Å². The van der Waals surface area contributed by atoms with Crippen molar-refractivity contribution in [3.05, 3.63) is 70.9 Å². The lowest BCUT2D eigenvalue weighted by molar-refractivity contribution is -0.113. The number of nitrogens with zero attached hydrogens (tertiary/aromatic N) is 1. The molecule has 0 atom stereocenters. The standard InChI is InChI=1S/C16H10FNOS2/c17-13-9-5-4-6-11(13)10-14-15(19)18(16(20)21-14)12-7-2-1-3-8-12/h1-10H. The van der Waals surface area contributed by atoms with E-state index in [0.717, 1.165) is 5.69 Å². The molecule has 2 aromatic rings.